The van der Waals surface area contributed by atoms with Gasteiger partial charge in [0.2, 0.25) is 5.91 Å². The van der Waals surface area contributed by atoms with Gasteiger partial charge in [0.1, 0.15) is 10.4 Å². The second-order valence-corrected chi connectivity index (χ2v) is 6.31. The zero-order valence-corrected chi connectivity index (χ0v) is 13.3. The molecule has 0 aliphatic carbocycles. The van der Waals surface area contributed by atoms with E-state index in [9.17, 15) is 4.79 Å². The number of benzene rings is 2. The molecule has 2 N–H and O–H groups in total. The average Bonchev–Trinajstić information content (AvgIpc) is 2.98. The van der Waals surface area contributed by atoms with Crippen molar-refractivity contribution >= 4 is 28.4 Å². The number of thioether (sulfide) groups is 1. The number of hydrogen-bond donors (Lipinski definition) is 2. The molecule has 0 radical (unpaired) electrons. The summed E-state index contributed by atoms with van der Waals surface area (Å²) in [6, 6.07) is 16.2. The lowest BCUT2D eigenvalue weighted by Gasteiger charge is -2.10. The molecule has 1 atom stereocenters. The summed E-state index contributed by atoms with van der Waals surface area (Å²) in [5.41, 5.74) is 7.46. The topological polar surface area (TPSA) is 53.5 Å². The van der Waals surface area contributed by atoms with E-state index in [1.54, 1.807) is 11.8 Å². The molecular weight excluding hydrogens is 294 g/mol. The van der Waals surface area contributed by atoms with E-state index in [1.807, 2.05) is 24.3 Å². The second-order valence-electron chi connectivity index (χ2n) is 5.21. The van der Waals surface area contributed by atoms with Crippen molar-refractivity contribution < 1.29 is 4.79 Å². The quantitative estimate of drug-likeness (QED) is 0.909. The molecule has 1 unspecified atom stereocenters. The Balaban J connectivity index is 1.68. The van der Waals surface area contributed by atoms with Gasteiger partial charge in [-0.3, -0.25) is 10.2 Å². The van der Waals surface area contributed by atoms with Crippen LogP contribution in [-0.4, -0.2) is 11.0 Å². The van der Waals surface area contributed by atoms with Gasteiger partial charge in [-0.15, -0.1) is 0 Å². The Bertz CT molecular complexity index is 708. The van der Waals surface area contributed by atoms with Crippen LogP contribution in [0.5, 0.6) is 0 Å². The highest BCUT2D eigenvalue weighted by atomic mass is 32.2. The van der Waals surface area contributed by atoms with Crippen LogP contribution in [-0.2, 0) is 4.79 Å². The first-order valence-corrected chi connectivity index (χ1v) is 7.94. The van der Waals surface area contributed by atoms with E-state index in [0.717, 1.165) is 21.9 Å². The number of carbonyl (C=O) groups excluding carboxylic acids is 1. The molecule has 1 aliphatic heterocycles. The normalized spacial score (nSPS) is 16.8. The molecule has 22 heavy (non-hydrogen) atoms. The maximum absolute atomic E-state index is 11.0. The minimum Gasteiger partial charge on any atom is -0.326 e. The van der Waals surface area contributed by atoms with Crippen LogP contribution >= 0.6 is 11.8 Å². The van der Waals surface area contributed by atoms with E-state index >= 15 is 0 Å². The maximum atomic E-state index is 11.0. The fraction of sp³-hybridized carbons (Fsp3) is 0.176. The van der Waals surface area contributed by atoms with E-state index in [0.29, 0.717) is 0 Å². The largest absolute Gasteiger partial charge is 0.326 e. The molecule has 0 saturated carbocycles. The predicted octanol–water partition coefficient (Wildman–Crippen LogP) is 3.65. The summed E-state index contributed by atoms with van der Waals surface area (Å²) in [5, 5.41) is 8.29. The number of rotatable bonds is 3. The van der Waals surface area contributed by atoms with Gasteiger partial charge in [-0.2, -0.15) is 5.10 Å². The van der Waals surface area contributed by atoms with Crippen molar-refractivity contribution in [1.82, 2.24) is 5.43 Å². The molecule has 0 saturated heterocycles. The SMILES string of the molecule is CC(=O)Nc1ccc(C2NN=C(c3ccc(C)cc3)S2)cc1. The summed E-state index contributed by atoms with van der Waals surface area (Å²) in [4.78, 5) is 11.0. The monoisotopic (exact) mass is 311 g/mol. The van der Waals surface area contributed by atoms with Crippen LogP contribution in [0.1, 0.15) is 29.0 Å². The fourth-order valence-corrected chi connectivity index (χ4v) is 3.20. The van der Waals surface area contributed by atoms with Gasteiger partial charge in [0, 0.05) is 18.2 Å². The molecule has 1 aliphatic rings. The van der Waals surface area contributed by atoms with Gasteiger partial charge < -0.3 is 5.32 Å². The average molecular weight is 311 g/mol. The number of hydrazone groups is 1. The molecule has 5 heteroatoms. The van der Waals surface area contributed by atoms with E-state index in [4.69, 9.17) is 0 Å². The highest BCUT2D eigenvalue weighted by Gasteiger charge is 2.21. The number of carbonyl (C=O) groups is 1. The van der Waals surface area contributed by atoms with Gasteiger partial charge in [0.05, 0.1) is 0 Å². The zero-order chi connectivity index (χ0) is 15.5. The molecule has 112 valence electrons. The molecule has 2 aromatic rings. The summed E-state index contributed by atoms with van der Waals surface area (Å²) >= 11 is 1.69. The number of amides is 1. The van der Waals surface area contributed by atoms with Crippen molar-refractivity contribution in [3.63, 3.8) is 0 Å². The first-order valence-electron chi connectivity index (χ1n) is 7.06. The Kier molecular flexibility index (Phi) is 4.15. The number of nitrogens with zero attached hydrogens (tertiary/aromatic N) is 1. The van der Waals surface area contributed by atoms with E-state index in [2.05, 4.69) is 47.0 Å². The lowest BCUT2D eigenvalue weighted by Crippen LogP contribution is -2.08. The Morgan fingerprint density at radius 3 is 2.45 bits per heavy atom. The van der Waals surface area contributed by atoms with Gasteiger partial charge in [-0.1, -0.05) is 53.7 Å². The third-order valence-electron chi connectivity index (χ3n) is 3.35. The summed E-state index contributed by atoms with van der Waals surface area (Å²) in [5.74, 6) is -0.0638. The highest BCUT2D eigenvalue weighted by Crippen LogP contribution is 2.34. The number of aryl methyl sites for hydroxylation is 1. The summed E-state index contributed by atoms with van der Waals surface area (Å²) in [6.45, 7) is 3.58. The maximum Gasteiger partial charge on any atom is 0.221 e. The summed E-state index contributed by atoms with van der Waals surface area (Å²) in [7, 11) is 0. The number of nitrogens with one attached hydrogen (secondary N) is 2. The smallest absolute Gasteiger partial charge is 0.221 e. The third kappa shape index (κ3) is 3.31. The van der Waals surface area contributed by atoms with E-state index in [1.165, 1.54) is 12.5 Å². The van der Waals surface area contributed by atoms with Gasteiger partial charge in [-0.25, -0.2) is 0 Å². The second kappa shape index (κ2) is 6.23. The first kappa shape index (κ1) is 14.7. The van der Waals surface area contributed by atoms with Crippen LogP contribution in [0.4, 0.5) is 5.69 Å². The minimum absolute atomic E-state index is 0.0638. The zero-order valence-electron chi connectivity index (χ0n) is 12.5. The van der Waals surface area contributed by atoms with Gasteiger partial charge in [0.25, 0.3) is 0 Å². The van der Waals surface area contributed by atoms with Gasteiger partial charge >= 0.3 is 0 Å². The molecule has 1 heterocycles. The minimum atomic E-state index is -0.0638. The summed E-state index contributed by atoms with van der Waals surface area (Å²) < 4.78 is 0. The van der Waals surface area contributed by atoms with Crippen LogP contribution in [0, 0.1) is 6.92 Å². The van der Waals surface area contributed by atoms with Crippen LogP contribution in [0.25, 0.3) is 0 Å². The standard InChI is InChI=1S/C17H17N3OS/c1-11-3-5-13(6-4-11)16-19-20-17(22-16)14-7-9-15(10-8-14)18-12(2)21/h3-10,17,20H,1-2H3,(H,18,21). The van der Waals surface area contributed by atoms with Crippen LogP contribution in [0.3, 0.4) is 0 Å². The summed E-state index contributed by atoms with van der Waals surface area (Å²) in [6.07, 6.45) is 0. The Morgan fingerprint density at radius 2 is 1.82 bits per heavy atom. The van der Waals surface area contributed by atoms with Crippen LogP contribution in [0.2, 0.25) is 0 Å². The highest BCUT2D eigenvalue weighted by molar-refractivity contribution is 8.14. The van der Waals surface area contributed by atoms with Crippen molar-refractivity contribution in [1.29, 1.82) is 0 Å². The van der Waals surface area contributed by atoms with Gasteiger partial charge in [-0.05, 0) is 24.6 Å². The van der Waals surface area contributed by atoms with Crippen molar-refractivity contribution in [3.8, 4) is 0 Å². The lowest BCUT2D eigenvalue weighted by molar-refractivity contribution is -0.114. The predicted molar refractivity (Wildman–Crippen MR) is 91.9 cm³/mol. The lowest BCUT2D eigenvalue weighted by atomic mass is 10.2. The molecule has 3 rings (SSSR count). The Hall–Kier alpha value is -2.27. The van der Waals surface area contributed by atoms with Crippen LogP contribution in [0.15, 0.2) is 53.6 Å². The molecule has 0 fully saturated rings. The Morgan fingerprint density at radius 1 is 1.14 bits per heavy atom. The number of anilines is 1. The molecule has 1 amide bonds. The van der Waals surface area contributed by atoms with Crippen LogP contribution < -0.4 is 10.7 Å². The molecular formula is C17H17N3OS. The molecule has 0 spiro atoms. The third-order valence-corrected chi connectivity index (χ3v) is 4.51. The first-order chi connectivity index (χ1) is 10.6. The van der Waals surface area contributed by atoms with Crippen molar-refractivity contribution in [3.05, 3.63) is 65.2 Å². The molecule has 2 aromatic carbocycles. The van der Waals surface area contributed by atoms with Crippen molar-refractivity contribution in [2.45, 2.75) is 19.2 Å². The van der Waals surface area contributed by atoms with E-state index < -0.39 is 0 Å². The van der Waals surface area contributed by atoms with Gasteiger partial charge in [0.15, 0.2) is 0 Å². The Labute approximate surface area is 134 Å². The van der Waals surface area contributed by atoms with E-state index in [-0.39, 0.29) is 11.3 Å². The molecule has 4 nitrogen and oxygen atoms in total. The molecule has 0 aromatic heterocycles. The fourth-order valence-electron chi connectivity index (χ4n) is 2.20. The number of hydrogen-bond acceptors (Lipinski definition) is 4. The van der Waals surface area contributed by atoms with Crippen molar-refractivity contribution in [2.24, 2.45) is 5.10 Å². The molecule has 0 bridgehead atoms. The van der Waals surface area contributed by atoms with Crippen molar-refractivity contribution in [2.75, 3.05) is 5.32 Å².